The summed E-state index contributed by atoms with van der Waals surface area (Å²) in [6, 6.07) is 5.60. The van der Waals surface area contributed by atoms with Gasteiger partial charge in [0.15, 0.2) is 5.65 Å². The highest BCUT2D eigenvalue weighted by atomic mass is 16.5. The molecule has 3 aromatic heterocycles. The Labute approximate surface area is 196 Å². The van der Waals surface area contributed by atoms with Gasteiger partial charge in [0.2, 0.25) is 0 Å². The van der Waals surface area contributed by atoms with Crippen molar-refractivity contribution in [3.05, 3.63) is 48.5 Å². The standard InChI is InChI=1S/C25H26N6O3/c1-24-6-7-25(14-24,15-33-24)31-13-16-10-18(21(11-19(16)29-31)34-17-4-2-5-17)23(32)28-20-12-27-30-9-3-8-26-22(20)30/h3,8-13,17H,2,4-7,14-15H2,1H3,(H,28,32)/t24-,25-/m0/s1. The number of benzene rings is 1. The van der Waals surface area contributed by atoms with Crippen LogP contribution in [0.4, 0.5) is 5.69 Å². The number of hydrogen-bond donors (Lipinski definition) is 1. The van der Waals surface area contributed by atoms with E-state index in [-0.39, 0.29) is 23.2 Å². The van der Waals surface area contributed by atoms with Gasteiger partial charge < -0.3 is 14.8 Å². The average Bonchev–Trinajstić information content (AvgIpc) is 3.57. The minimum absolute atomic E-state index is 0.0515. The van der Waals surface area contributed by atoms with Crippen molar-refractivity contribution in [2.45, 2.75) is 62.7 Å². The Morgan fingerprint density at radius 3 is 2.94 bits per heavy atom. The second-order valence-corrected chi connectivity index (χ2v) is 10.2. The third-order valence-corrected chi connectivity index (χ3v) is 7.72. The number of nitrogens with one attached hydrogen (secondary N) is 1. The number of hydrogen-bond acceptors (Lipinski definition) is 6. The molecule has 174 valence electrons. The molecule has 3 aliphatic rings. The molecule has 0 unspecified atom stereocenters. The van der Waals surface area contributed by atoms with Crippen molar-refractivity contribution >= 4 is 28.1 Å². The molecule has 1 aromatic carbocycles. The molecule has 9 heteroatoms. The summed E-state index contributed by atoms with van der Waals surface area (Å²) in [6.07, 6.45) is 13.5. The highest BCUT2D eigenvalue weighted by Gasteiger charge is 2.54. The number of anilines is 1. The maximum atomic E-state index is 13.4. The Kier molecular flexibility index (Phi) is 4.12. The fourth-order valence-electron chi connectivity index (χ4n) is 5.53. The molecule has 1 saturated heterocycles. The monoisotopic (exact) mass is 458 g/mol. The van der Waals surface area contributed by atoms with Crippen LogP contribution in [0, 0.1) is 0 Å². The molecule has 1 N–H and O–H groups in total. The van der Waals surface area contributed by atoms with Gasteiger partial charge in [-0.2, -0.15) is 10.2 Å². The molecule has 0 radical (unpaired) electrons. The molecule has 2 atom stereocenters. The smallest absolute Gasteiger partial charge is 0.259 e. The summed E-state index contributed by atoms with van der Waals surface area (Å²) in [4.78, 5) is 17.8. The van der Waals surface area contributed by atoms with Gasteiger partial charge >= 0.3 is 0 Å². The van der Waals surface area contributed by atoms with Crippen LogP contribution in [0.2, 0.25) is 0 Å². The van der Waals surface area contributed by atoms with Crippen molar-refractivity contribution in [2.24, 2.45) is 0 Å². The van der Waals surface area contributed by atoms with Crippen LogP contribution in [0.3, 0.4) is 0 Å². The number of aromatic nitrogens is 5. The molecule has 2 saturated carbocycles. The fraction of sp³-hybridized carbons (Fsp3) is 0.440. The van der Waals surface area contributed by atoms with Crippen LogP contribution in [-0.2, 0) is 10.3 Å². The molecule has 34 heavy (non-hydrogen) atoms. The van der Waals surface area contributed by atoms with Crippen LogP contribution in [0.15, 0.2) is 43.0 Å². The summed E-state index contributed by atoms with van der Waals surface area (Å²) in [7, 11) is 0. The lowest BCUT2D eigenvalue weighted by Gasteiger charge is -2.27. The van der Waals surface area contributed by atoms with E-state index in [9.17, 15) is 4.79 Å². The quantitative estimate of drug-likeness (QED) is 0.487. The van der Waals surface area contributed by atoms with Crippen molar-refractivity contribution in [3.63, 3.8) is 0 Å². The van der Waals surface area contributed by atoms with Crippen LogP contribution < -0.4 is 10.1 Å². The summed E-state index contributed by atoms with van der Waals surface area (Å²) >= 11 is 0. The van der Waals surface area contributed by atoms with E-state index >= 15 is 0 Å². The first-order valence-electron chi connectivity index (χ1n) is 11.9. The van der Waals surface area contributed by atoms with Gasteiger partial charge in [-0.3, -0.25) is 9.48 Å². The highest BCUT2D eigenvalue weighted by molar-refractivity contribution is 6.09. The molecule has 4 aromatic rings. The lowest BCUT2D eigenvalue weighted by atomic mass is 9.96. The summed E-state index contributed by atoms with van der Waals surface area (Å²) < 4.78 is 16.0. The van der Waals surface area contributed by atoms with Crippen molar-refractivity contribution < 1.29 is 14.3 Å². The van der Waals surface area contributed by atoms with E-state index in [0.29, 0.717) is 29.3 Å². The predicted octanol–water partition coefficient (Wildman–Crippen LogP) is 3.93. The highest BCUT2D eigenvalue weighted by Crippen LogP contribution is 2.51. The second-order valence-electron chi connectivity index (χ2n) is 10.2. The Bertz CT molecular complexity index is 1430. The Hall–Kier alpha value is -3.46. The number of ether oxygens (including phenoxy) is 2. The average molecular weight is 459 g/mol. The van der Waals surface area contributed by atoms with Crippen LogP contribution in [0.25, 0.3) is 16.6 Å². The summed E-state index contributed by atoms with van der Waals surface area (Å²) in [5.74, 6) is 0.321. The van der Waals surface area contributed by atoms with E-state index in [1.807, 2.05) is 12.1 Å². The van der Waals surface area contributed by atoms with Gasteiger partial charge in [-0.1, -0.05) is 0 Å². The van der Waals surface area contributed by atoms with Gasteiger partial charge in [-0.15, -0.1) is 0 Å². The van der Waals surface area contributed by atoms with Gasteiger partial charge in [0.1, 0.15) is 11.4 Å². The minimum atomic E-state index is -0.250. The number of carbonyl (C=O) groups excluding carboxylic acids is 1. The molecule has 0 spiro atoms. The minimum Gasteiger partial charge on any atom is -0.490 e. The van der Waals surface area contributed by atoms with E-state index in [1.54, 1.807) is 29.2 Å². The number of fused-ring (bicyclic) bond motifs is 4. The number of amides is 1. The van der Waals surface area contributed by atoms with Crippen LogP contribution >= 0.6 is 0 Å². The Morgan fingerprint density at radius 1 is 1.29 bits per heavy atom. The fourth-order valence-corrected chi connectivity index (χ4v) is 5.53. The molecule has 2 aliphatic carbocycles. The van der Waals surface area contributed by atoms with E-state index in [0.717, 1.165) is 49.4 Å². The lowest BCUT2D eigenvalue weighted by molar-refractivity contribution is -0.0149. The van der Waals surface area contributed by atoms with Gasteiger partial charge in [-0.05, 0) is 51.2 Å². The number of carbonyl (C=O) groups is 1. The maximum absolute atomic E-state index is 13.4. The number of rotatable bonds is 5. The van der Waals surface area contributed by atoms with E-state index in [2.05, 4.69) is 33.2 Å². The zero-order valence-corrected chi connectivity index (χ0v) is 19.0. The van der Waals surface area contributed by atoms with E-state index in [1.165, 1.54) is 0 Å². The van der Waals surface area contributed by atoms with Crippen LogP contribution in [0.5, 0.6) is 5.75 Å². The summed E-state index contributed by atoms with van der Waals surface area (Å²) in [5.41, 5.74) is 2.32. The molecular formula is C25H26N6O3. The van der Waals surface area contributed by atoms with Gasteiger partial charge in [0.05, 0.1) is 41.1 Å². The molecule has 2 bridgehead atoms. The first-order valence-corrected chi connectivity index (χ1v) is 11.9. The molecule has 3 fully saturated rings. The van der Waals surface area contributed by atoms with Gasteiger partial charge in [-0.25, -0.2) is 9.50 Å². The lowest BCUT2D eigenvalue weighted by Crippen LogP contribution is -2.33. The molecule has 9 nitrogen and oxygen atoms in total. The Balaban J connectivity index is 1.27. The summed E-state index contributed by atoms with van der Waals surface area (Å²) in [5, 5.41) is 13.1. The SMILES string of the molecule is C[C@@]12CC[C@@](n3cc4cc(C(=O)Nc5cnn6cccnc56)c(OC5CCC5)cc4n3)(CO1)C2. The van der Waals surface area contributed by atoms with Gasteiger partial charge in [0.25, 0.3) is 5.91 Å². The van der Waals surface area contributed by atoms with E-state index < -0.39 is 0 Å². The predicted molar refractivity (Wildman–Crippen MR) is 125 cm³/mol. The van der Waals surface area contributed by atoms with Crippen molar-refractivity contribution in [1.29, 1.82) is 0 Å². The third-order valence-electron chi connectivity index (χ3n) is 7.72. The molecule has 1 aliphatic heterocycles. The maximum Gasteiger partial charge on any atom is 0.259 e. The zero-order chi connectivity index (χ0) is 22.9. The third kappa shape index (κ3) is 3.03. The first kappa shape index (κ1) is 20.0. The van der Waals surface area contributed by atoms with Crippen LogP contribution in [0.1, 0.15) is 55.8 Å². The summed E-state index contributed by atoms with van der Waals surface area (Å²) in [6.45, 7) is 2.87. The van der Waals surface area contributed by atoms with Crippen molar-refractivity contribution in [1.82, 2.24) is 24.4 Å². The second kappa shape index (κ2) is 7.02. The zero-order valence-electron chi connectivity index (χ0n) is 19.0. The van der Waals surface area contributed by atoms with Crippen LogP contribution in [-0.4, -0.2) is 48.6 Å². The molecule has 4 heterocycles. The van der Waals surface area contributed by atoms with Crippen molar-refractivity contribution in [2.75, 3.05) is 11.9 Å². The van der Waals surface area contributed by atoms with Crippen molar-refractivity contribution in [3.8, 4) is 5.75 Å². The largest absolute Gasteiger partial charge is 0.490 e. The number of nitrogens with zero attached hydrogens (tertiary/aromatic N) is 5. The normalized spacial score (nSPS) is 26.3. The van der Waals surface area contributed by atoms with E-state index in [4.69, 9.17) is 14.6 Å². The van der Waals surface area contributed by atoms with Gasteiger partial charge in [0, 0.05) is 36.5 Å². The molecule has 7 rings (SSSR count). The topological polar surface area (TPSA) is 95.6 Å². The molecular weight excluding hydrogens is 432 g/mol. The molecule has 1 amide bonds. The Morgan fingerprint density at radius 2 is 2.21 bits per heavy atom. The first-order chi connectivity index (χ1) is 16.5.